The van der Waals surface area contributed by atoms with Crippen LogP contribution in [-0.4, -0.2) is 43.0 Å². The number of fused-ring (bicyclic) bond motifs is 1. The highest BCUT2D eigenvalue weighted by Crippen LogP contribution is 2.32. The van der Waals surface area contributed by atoms with Crippen LogP contribution in [0.1, 0.15) is 29.9 Å². The molecule has 4 rings (SSSR count). The predicted molar refractivity (Wildman–Crippen MR) is 105 cm³/mol. The van der Waals surface area contributed by atoms with E-state index in [1.807, 2.05) is 24.3 Å². The molecule has 1 saturated heterocycles. The fraction of sp³-hybridized carbons (Fsp3) is 0.364. The van der Waals surface area contributed by atoms with Gasteiger partial charge in [-0.3, -0.25) is 10.7 Å². The summed E-state index contributed by atoms with van der Waals surface area (Å²) >= 11 is 0. The molecule has 2 aliphatic heterocycles. The van der Waals surface area contributed by atoms with Crippen LogP contribution >= 0.6 is 0 Å². The first kappa shape index (κ1) is 17.9. The van der Waals surface area contributed by atoms with Gasteiger partial charge in [-0.15, -0.1) is 0 Å². The van der Waals surface area contributed by atoms with Crippen molar-refractivity contribution in [2.24, 2.45) is 0 Å². The molecule has 0 aliphatic carbocycles. The van der Waals surface area contributed by atoms with Gasteiger partial charge in [0.15, 0.2) is 11.5 Å². The summed E-state index contributed by atoms with van der Waals surface area (Å²) in [4.78, 5) is 2.49. The predicted octanol–water partition coefficient (Wildman–Crippen LogP) is 3.66. The zero-order valence-electron chi connectivity index (χ0n) is 15.4. The normalized spacial score (nSPS) is 19.9. The molecule has 0 unspecified atom stereocenters. The van der Waals surface area contributed by atoms with Gasteiger partial charge in [-0.25, -0.2) is 0 Å². The standard InChI is InChI=1S/C22H26N2O3/c25-23-20(18-8-9-21-22(15-18)27-14-13-26-21)7-4-11-24-12-10-19(16-24)17-5-2-1-3-6-17/h1-3,5-9,15,19,23,25H,4,10-14,16H2/b20-7+/t19-/m0/s1. The van der Waals surface area contributed by atoms with Crippen molar-refractivity contribution >= 4 is 5.70 Å². The van der Waals surface area contributed by atoms with Crippen molar-refractivity contribution in [3.05, 3.63) is 65.7 Å². The van der Waals surface area contributed by atoms with Crippen molar-refractivity contribution in [3.63, 3.8) is 0 Å². The molecule has 0 radical (unpaired) electrons. The number of hydrogen-bond donors (Lipinski definition) is 2. The molecule has 2 aliphatic rings. The lowest BCUT2D eigenvalue weighted by Gasteiger charge is -2.19. The molecule has 0 bridgehead atoms. The zero-order chi connectivity index (χ0) is 18.5. The maximum absolute atomic E-state index is 9.56. The molecule has 0 spiro atoms. The Balaban J connectivity index is 1.34. The summed E-state index contributed by atoms with van der Waals surface area (Å²) in [5.74, 6) is 2.11. The summed E-state index contributed by atoms with van der Waals surface area (Å²) in [5, 5.41) is 9.56. The number of hydroxylamine groups is 1. The van der Waals surface area contributed by atoms with Crippen molar-refractivity contribution in [1.29, 1.82) is 0 Å². The van der Waals surface area contributed by atoms with Crippen molar-refractivity contribution in [3.8, 4) is 11.5 Å². The summed E-state index contributed by atoms with van der Waals surface area (Å²) in [6.07, 6.45) is 4.13. The molecule has 0 amide bonds. The van der Waals surface area contributed by atoms with Crippen LogP contribution in [0, 0.1) is 0 Å². The lowest BCUT2D eigenvalue weighted by atomic mass is 9.99. The first-order valence-electron chi connectivity index (χ1n) is 9.61. The number of nitrogens with one attached hydrogen (secondary N) is 1. The smallest absolute Gasteiger partial charge is 0.162 e. The van der Waals surface area contributed by atoms with Gasteiger partial charge < -0.3 is 14.4 Å². The monoisotopic (exact) mass is 366 g/mol. The third-order valence-corrected chi connectivity index (χ3v) is 5.31. The molecule has 0 saturated carbocycles. The van der Waals surface area contributed by atoms with E-state index in [1.54, 1.807) is 0 Å². The van der Waals surface area contributed by atoms with Crippen LogP contribution in [0.25, 0.3) is 5.70 Å². The SMILES string of the molecule is ON/C(=C/CCN1CC[C@H](c2ccccc2)C1)c1ccc2c(c1)OCCO2. The summed E-state index contributed by atoms with van der Waals surface area (Å²) in [5.41, 5.74) is 5.36. The quantitative estimate of drug-likeness (QED) is 0.764. The molecular weight excluding hydrogens is 340 g/mol. The van der Waals surface area contributed by atoms with E-state index in [0.29, 0.717) is 24.8 Å². The van der Waals surface area contributed by atoms with Crippen molar-refractivity contribution in [2.75, 3.05) is 32.8 Å². The van der Waals surface area contributed by atoms with Gasteiger partial charge in [0.05, 0.1) is 5.70 Å². The fourth-order valence-electron chi connectivity index (χ4n) is 3.86. The number of nitrogens with zero attached hydrogens (tertiary/aromatic N) is 1. The first-order valence-corrected chi connectivity index (χ1v) is 9.61. The van der Waals surface area contributed by atoms with E-state index in [4.69, 9.17) is 9.47 Å². The number of rotatable bonds is 6. The maximum atomic E-state index is 9.56. The van der Waals surface area contributed by atoms with E-state index in [9.17, 15) is 5.21 Å². The second kappa shape index (κ2) is 8.46. The molecule has 142 valence electrons. The van der Waals surface area contributed by atoms with Crippen molar-refractivity contribution in [1.82, 2.24) is 10.4 Å². The second-order valence-corrected chi connectivity index (χ2v) is 7.07. The van der Waals surface area contributed by atoms with Crippen molar-refractivity contribution in [2.45, 2.75) is 18.8 Å². The topological polar surface area (TPSA) is 54.0 Å². The first-order chi connectivity index (χ1) is 13.3. The number of hydrogen-bond acceptors (Lipinski definition) is 5. The molecule has 2 N–H and O–H groups in total. The highest BCUT2D eigenvalue weighted by Gasteiger charge is 2.23. The summed E-state index contributed by atoms with van der Waals surface area (Å²) < 4.78 is 11.2. The third-order valence-electron chi connectivity index (χ3n) is 5.31. The molecule has 27 heavy (non-hydrogen) atoms. The van der Waals surface area contributed by atoms with Crippen LogP contribution in [0.3, 0.4) is 0 Å². The number of benzene rings is 2. The van der Waals surface area contributed by atoms with Gasteiger partial charge in [0, 0.05) is 18.7 Å². The molecule has 2 aromatic carbocycles. The molecule has 5 nitrogen and oxygen atoms in total. The van der Waals surface area contributed by atoms with E-state index < -0.39 is 0 Å². The van der Waals surface area contributed by atoms with Crippen LogP contribution in [0.5, 0.6) is 11.5 Å². The van der Waals surface area contributed by atoms with Gasteiger partial charge in [0.1, 0.15) is 13.2 Å². The lowest BCUT2D eigenvalue weighted by Crippen LogP contribution is -2.21. The van der Waals surface area contributed by atoms with Gasteiger partial charge >= 0.3 is 0 Å². The molecule has 2 heterocycles. The Bertz CT molecular complexity index is 791. The van der Waals surface area contributed by atoms with E-state index in [2.05, 4.69) is 40.7 Å². The maximum Gasteiger partial charge on any atom is 0.162 e. The highest BCUT2D eigenvalue weighted by atomic mass is 16.6. The zero-order valence-corrected chi connectivity index (χ0v) is 15.4. The van der Waals surface area contributed by atoms with Crippen LogP contribution in [0.2, 0.25) is 0 Å². The minimum absolute atomic E-state index is 0.555. The Kier molecular flexibility index (Phi) is 5.61. The Morgan fingerprint density at radius 3 is 2.74 bits per heavy atom. The van der Waals surface area contributed by atoms with Crippen molar-refractivity contribution < 1.29 is 14.7 Å². The van der Waals surface area contributed by atoms with Crippen LogP contribution in [0.15, 0.2) is 54.6 Å². The largest absolute Gasteiger partial charge is 0.486 e. The second-order valence-electron chi connectivity index (χ2n) is 7.07. The van der Waals surface area contributed by atoms with E-state index in [0.717, 1.165) is 43.1 Å². The molecule has 1 atom stereocenters. The average molecular weight is 366 g/mol. The Morgan fingerprint density at radius 2 is 1.93 bits per heavy atom. The summed E-state index contributed by atoms with van der Waals surface area (Å²) in [6.45, 7) is 4.34. The third kappa shape index (κ3) is 4.26. The van der Waals surface area contributed by atoms with Gasteiger partial charge in [-0.05, 0) is 49.1 Å². The minimum Gasteiger partial charge on any atom is -0.486 e. The Labute approximate surface area is 160 Å². The van der Waals surface area contributed by atoms with Gasteiger partial charge in [0.25, 0.3) is 0 Å². The average Bonchev–Trinajstić information content (AvgIpc) is 3.20. The van der Waals surface area contributed by atoms with Crippen LogP contribution in [-0.2, 0) is 0 Å². The highest BCUT2D eigenvalue weighted by molar-refractivity contribution is 5.66. The Hall–Kier alpha value is -2.50. The number of likely N-dealkylation sites (tertiary alicyclic amines) is 1. The number of ether oxygens (including phenoxy) is 2. The van der Waals surface area contributed by atoms with E-state index >= 15 is 0 Å². The molecular formula is C22H26N2O3. The van der Waals surface area contributed by atoms with E-state index in [1.165, 1.54) is 12.0 Å². The van der Waals surface area contributed by atoms with Gasteiger partial charge in [-0.2, -0.15) is 0 Å². The van der Waals surface area contributed by atoms with Gasteiger partial charge in [0.2, 0.25) is 0 Å². The molecule has 5 heteroatoms. The fourth-order valence-corrected chi connectivity index (χ4v) is 3.86. The summed E-state index contributed by atoms with van der Waals surface area (Å²) in [6, 6.07) is 16.5. The molecule has 0 aromatic heterocycles. The van der Waals surface area contributed by atoms with Crippen LogP contribution < -0.4 is 15.0 Å². The Morgan fingerprint density at radius 1 is 1.11 bits per heavy atom. The summed E-state index contributed by atoms with van der Waals surface area (Å²) in [7, 11) is 0. The van der Waals surface area contributed by atoms with E-state index in [-0.39, 0.29) is 0 Å². The minimum atomic E-state index is 0.555. The molecule has 1 fully saturated rings. The molecule has 2 aromatic rings. The lowest BCUT2D eigenvalue weighted by molar-refractivity contribution is 0.171. The van der Waals surface area contributed by atoms with Gasteiger partial charge in [-0.1, -0.05) is 36.4 Å². The van der Waals surface area contributed by atoms with Crippen LogP contribution in [0.4, 0.5) is 0 Å².